The predicted molar refractivity (Wildman–Crippen MR) is 69.0 cm³/mol. The second kappa shape index (κ2) is 7.70. The first-order valence-corrected chi connectivity index (χ1v) is 7.64. The third kappa shape index (κ3) is 6.32. The van der Waals surface area contributed by atoms with Gasteiger partial charge in [-0.15, -0.1) is 0 Å². The summed E-state index contributed by atoms with van der Waals surface area (Å²) in [5, 5.41) is 8.70. The molecule has 0 saturated carbocycles. The first-order chi connectivity index (χ1) is 8.20. The summed E-state index contributed by atoms with van der Waals surface area (Å²) in [5.41, 5.74) is 0. The zero-order chi connectivity index (χ0) is 14.3. The standard InChI is InChI=1S/C11H23NO5S/c1-5-12(10(4)8-11(13)14)18(15,16)7-6-17-9(2)3/h9-10H,5-8H2,1-4H3,(H,13,14). The number of rotatable bonds is 9. The molecule has 0 amide bonds. The number of sulfonamides is 1. The zero-order valence-corrected chi connectivity index (χ0v) is 12.2. The largest absolute Gasteiger partial charge is 0.481 e. The van der Waals surface area contributed by atoms with Crippen molar-refractivity contribution in [1.29, 1.82) is 0 Å². The minimum Gasteiger partial charge on any atom is -0.481 e. The number of hydrogen-bond acceptors (Lipinski definition) is 4. The predicted octanol–water partition coefficient (Wildman–Crippen LogP) is 0.926. The first-order valence-electron chi connectivity index (χ1n) is 6.03. The quantitative estimate of drug-likeness (QED) is 0.679. The number of carboxylic acid groups (broad SMARTS) is 1. The average molecular weight is 281 g/mol. The normalized spacial score (nSPS) is 14.1. The van der Waals surface area contributed by atoms with Crippen molar-refractivity contribution in [3.63, 3.8) is 0 Å². The van der Waals surface area contributed by atoms with Gasteiger partial charge in [-0.3, -0.25) is 4.79 Å². The van der Waals surface area contributed by atoms with Gasteiger partial charge in [-0.05, 0) is 20.8 Å². The minimum absolute atomic E-state index is 0.0216. The van der Waals surface area contributed by atoms with Gasteiger partial charge in [0.25, 0.3) is 0 Å². The Bertz CT molecular complexity index is 352. The zero-order valence-electron chi connectivity index (χ0n) is 11.4. The Morgan fingerprint density at radius 1 is 1.33 bits per heavy atom. The van der Waals surface area contributed by atoms with Gasteiger partial charge in [0.05, 0.1) is 24.9 Å². The lowest BCUT2D eigenvalue weighted by atomic mass is 10.2. The van der Waals surface area contributed by atoms with Crippen LogP contribution in [-0.2, 0) is 19.6 Å². The van der Waals surface area contributed by atoms with Gasteiger partial charge in [0.15, 0.2) is 0 Å². The van der Waals surface area contributed by atoms with Gasteiger partial charge in [-0.2, -0.15) is 4.31 Å². The lowest BCUT2D eigenvalue weighted by molar-refractivity contribution is -0.137. The molecule has 0 aromatic rings. The van der Waals surface area contributed by atoms with Crippen molar-refractivity contribution in [3.05, 3.63) is 0 Å². The van der Waals surface area contributed by atoms with Crippen LogP contribution in [0.15, 0.2) is 0 Å². The van der Waals surface area contributed by atoms with E-state index < -0.39 is 22.0 Å². The fourth-order valence-corrected chi connectivity index (χ4v) is 3.20. The second-order valence-corrected chi connectivity index (χ2v) is 6.43. The van der Waals surface area contributed by atoms with Crippen LogP contribution >= 0.6 is 0 Å². The maximum atomic E-state index is 12.0. The Kier molecular flexibility index (Phi) is 7.42. The van der Waals surface area contributed by atoms with Crippen LogP contribution in [-0.4, -0.2) is 54.8 Å². The van der Waals surface area contributed by atoms with Crippen LogP contribution < -0.4 is 0 Å². The number of nitrogens with zero attached hydrogens (tertiary/aromatic N) is 1. The molecule has 0 bridgehead atoms. The molecule has 108 valence electrons. The van der Waals surface area contributed by atoms with E-state index in [1.54, 1.807) is 13.8 Å². The molecule has 0 saturated heterocycles. The van der Waals surface area contributed by atoms with Gasteiger partial charge >= 0.3 is 5.97 Å². The van der Waals surface area contributed by atoms with E-state index in [0.29, 0.717) is 0 Å². The van der Waals surface area contributed by atoms with E-state index in [2.05, 4.69) is 0 Å². The summed E-state index contributed by atoms with van der Waals surface area (Å²) in [6, 6.07) is -0.545. The summed E-state index contributed by atoms with van der Waals surface area (Å²) in [6.45, 7) is 7.33. The van der Waals surface area contributed by atoms with Crippen molar-refractivity contribution >= 4 is 16.0 Å². The van der Waals surface area contributed by atoms with Gasteiger partial charge < -0.3 is 9.84 Å². The molecule has 0 radical (unpaired) electrons. The fraction of sp³-hybridized carbons (Fsp3) is 0.909. The molecule has 0 spiro atoms. The smallest absolute Gasteiger partial charge is 0.304 e. The summed E-state index contributed by atoms with van der Waals surface area (Å²) >= 11 is 0. The third-order valence-corrected chi connectivity index (χ3v) is 4.44. The lowest BCUT2D eigenvalue weighted by Crippen LogP contribution is -2.41. The summed E-state index contributed by atoms with van der Waals surface area (Å²) in [4.78, 5) is 10.6. The SMILES string of the molecule is CCN(C(C)CC(=O)O)S(=O)(=O)CCOC(C)C. The van der Waals surface area contributed by atoms with Crippen LogP contribution in [0.4, 0.5) is 0 Å². The van der Waals surface area contributed by atoms with E-state index in [0.717, 1.165) is 0 Å². The maximum absolute atomic E-state index is 12.0. The van der Waals surface area contributed by atoms with Crippen molar-refractivity contribution in [2.45, 2.75) is 46.3 Å². The Balaban J connectivity index is 4.56. The second-order valence-electron chi connectivity index (χ2n) is 4.39. The minimum atomic E-state index is -3.47. The monoisotopic (exact) mass is 281 g/mol. The van der Waals surface area contributed by atoms with Gasteiger partial charge in [0, 0.05) is 12.6 Å². The van der Waals surface area contributed by atoms with Gasteiger partial charge in [0.2, 0.25) is 10.0 Å². The highest BCUT2D eigenvalue weighted by molar-refractivity contribution is 7.89. The van der Waals surface area contributed by atoms with E-state index in [9.17, 15) is 13.2 Å². The Labute approximate surface area is 109 Å². The number of ether oxygens (including phenoxy) is 1. The van der Waals surface area contributed by atoms with E-state index in [1.807, 2.05) is 13.8 Å². The summed E-state index contributed by atoms with van der Waals surface area (Å²) in [5.74, 6) is -1.13. The van der Waals surface area contributed by atoms with Crippen LogP contribution in [0.25, 0.3) is 0 Å². The molecule has 0 rings (SSSR count). The highest BCUT2D eigenvalue weighted by atomic mass is 32.2. The van der Waals surface area contributed by atoms with Crippen LogP contribution in [0.2, 0.25) is 0 Å². The summed E-state index contributed by atoms with van der Waals surface area (Å²) in [6.07, 6.45) is -0.218. The molecule has 0 heterocycles. The van der Waals surface area contributed by atoms with Crippen LogP contribution in [0.1, 0.15) is 34.1 Å². The number of carbonyl (C=O) groups is 1. The van der Waals surface area contributed by atoms with E-state index >= 15 is 0 Å². The summed E-state index contributed by atoms with van der Waals surface area (Å²) in [7, 11) is -3.47. The molecule has 6 nitrogen and oxygen atoms in total. The van der Waals surface area contributed by atoms with Gasteiger partial charge in [0.1, 0.15) is 0 Å². The molecule has 18 heavy (non-hydrogen) atoms. The summed E-state index contributed by atoms with van der Waals surface area (Å²) < 4.78 is 30.5. The molecule has 1 unspecified atom stereocenters. The molecule has 0 aromatic heterocycles. The van der Waals surface area contributed by atoms with Crippen molar-refractivity contribution in [1.82, 2.24) is 4.31 Å². The van der Waals surface area contributed by atoms with Crippen LogP contribution in [0, 0.1) is 0 Å². The number of hydrogen-bond donors (Lipinski definition) is 1. The number of aliphatic carboxylic acids is 1. The van der Waals surface area contributed by atoms with Crippen molar-refractivity contribution in [2.75, 3.05) is 18.9 Å². The highest BCUT2D eigenvalue weighted by Crippen LogP contribution is 2.11. The Morgan fingerprint density at radius 2 is 1.89 bits per heavy atom. The first kappa shape index (κ1) is 17.3. The highest BCUT2D eigenvalue weighted by Gasteiger charge is 2.26. The van der Waals surface area contributed by atoms with Gasteiger partial charge in [-0.25, -0.2) is 8.42 Å². The van der Waals surface area contributed by atoms with E-state index in [4.69, 9.17) is 9.84 Å². The molecule has 0 aliphatic rings. The number of carboxylic acids is 1. The molecule has 1 atom stereocenters. The van der Waals surface area contributed by atoms with Crippen molar-refractivity contribution in [3.8, 4) is 0 Å². The van der Waals surface area contributed by atoms with E-state index in [1.165, 1.54) is 4.31 Å². The van der Waals surface area contributed by atoms with Crippen LogP contribution in [0.3, 0.4) is 0 Å². The molecule has 7 heteroatoms. The molecule has 0 aromatic carbocycles. The van der Waals surface area contributed by atoms with Crippen LogP contribution in [0.5, 0.6) is 0 Å². The maximum Gasteiger partial charge on any atom is 0.304 e. The molecular formula is C11H23NO5S. The van der Waals surface area contributed by atoms with Crippen molar-refractivity contribution in [2.24, 2.45) is 0 Å². The Hall–Kier alpha value is -0.660. The van der Waals surface area contributed by atoms with Gasteiger partial charge in [-0.1, -0.05) is 6.92 Å². The van der Waals surface area contributed by atoms with E-state index in [-0.39, 0.29) is 31.4 Å². The Morgan fingerprint density at radius 3 is 2.28 bits per heavy atom. The molecule has 0 fully saturated rings. The molecular weight excluding hydrogens is 258 g/mol. The molecule has 0 aliphatic heterocycles. The third-order valence-electron chi connectivity index (χ3n) is 2.42. The molecule has 0 aliphatic carbocycles. The lowest BCUT2D eigenvalue weighted by Gasteiger charge is -2.26. The molecule has 1 N–H and O–H groups in total. The topological polar surface area (TPSA) is 83.9 Å². The van der Waals surface area contributed by atoms with Crippen molar-refractivity contribution < 1.29 is 23.1 Å². The average Bonchev–Trinajstić information content (AvgIpc) is 2.15. The fourth-order valence-electron chi connectivity index (χ4n) is 1.64.